The van der Waals surface area contributed by atoms with Gasteiger partial charge in [0.25, 0.3) is 0 Å². The number of nitrogens with two attached hydrogens (primary N) is 2. The molecule has 0 bridgehead atoms. The van der Waals surface area contributed by atoms with Crippen molar-refractivity contribution in [3.05, 3.63) is 0 Å². The summed E-state index contributed by atoms with van der Waals surface area (Å²) in [7, 11) is 0. The topological polar surface area (TPSA) is 323 Å². The summed E-state index contributed by atoms with van der Waals surface area (Å²) in [6.45, 7) is 11.0. The fraction of sp³-hybridized carbons (Fsp3) is 0.714. The van der Waals surface area contributed by atoms with E-state index in [1.54, 1.807) is 20.8 Å². The third-order valence-corrected chi connectivity index (χ3v) is 9.27. The van der Waals surface area contributed by atoms with Gasteiger partial charge in [0.2, 0.25) is 11.8 Å². The number of Topliss-reactive ketones (excluding diaryl/α,β-unsaturated/α-hetero) is 3. The zero-order chi connectivity index (χ0) is 42.0. The number of hydrogen-bond donors (Lipinski definition) is 8. The maximum Gasteiger partial charge on any atom is 0.305 e. The SMILES string of the molecule is CC(C)(C)C[C@@H](CC(=O)O)C(=O)N[C@@H](CCCN=C(N)N)C(=O)C[C@@H](CC(=O)O)C(=O)N[C@@H](CC(=O)O)C(=O)C[C@H](CSC(C)(C)C)C(=O)CCC(=O)O. The molecule has 18 nitrogen and oxygen atoms in total. The monoisotopic (exact) mass is 787 g/mol. The lowest BCUT2D eigenvalue weighted by Crippen LogP contribution is -2.48. The van der Waals surface area contributed by atoms with E-state index in [2.05, 4.69) is 15.6 Å². The highest BCUT2D eigenvalue weighted by molar-refractivity contribution is 8.00. The summed E-state index contributed by atoms with van der Waals surface area (Å²) >= 11 is 1.32. The standard InChI is InChI=1S/C35H57N5O13S/c1-34(2,3)17-20(15-29(48)49)32(53)39-22(8-7-11-38-33(36)37)25(42)12-19(14-28(46)47)31(52)40-23(16-30(50)51)26(43)13-21(18-54-35(4,5)6)24(41)9-10-27(44)45/h19-23H,7-18H2,1-6H3,(H,39,53)(H,40,52)(H,44,45)(H,46,47)(H,48,49)(H,50,51)(H4,36,37,38)/t19-,20+,21+,22-,23-/m0/s1. The Morgan fingerprint density at radius 2 is 1.09 bits per heavy atom. The molecule has 0 saturated heterocycles. The van der Waals surface area contributed by atoms with Gasteiger partial charge in [0.1, 0.15) is 5.78 Å². The van der Waals surface area contributed by atoms with E-state index in [-0.39, 0.29) is 48.7 Å². The van der Waals surface area contributed by atoms with Crippen molar-refractivity contribution in [3.63, 3.8) is 0 Å². The molecule has 0 spiro atoms. The summed E-state index contributed by atoms with van der Waals surface area (Å²) in [5.41, 5.74) is 10.3. The number of hydrogen-bond acceptors (Lipinski definition) is 11. The predicted molar refractivity (Wildman–Crippen MR) is 198 cm³/mol. The lowest BCUT2D eigenvalue weighted by Gasteiger charge is -2.27. The van der Waals surface area contributed by atoms with Crippen LogP contribution in [-0.2, 0) is 43.2 Å². The first-order chi connectivity index (χ1) is 24.7. The van der Waals surface area contributed by atoms with Crippen molar-refractivity contribution >= 4 is 70.8 Å². The number of guanidine groups is 1. The third kappa shape index (κ3) is 23.2. The van der Waals surface area contributed by atoms with Crippen molar-refractivity contribution in [2.24, 2.45) is 39.6 Å². The fourth-order valence-corrected chi connectivity index (χ4v) is 6.32. The van der Waals surface area contributed by atoms with Gasteiger partial charge in [0, 0.05) is 48.1 Å². The molecule has 0 aliphatic carbocycles. The molecule has 0 aliphatic rings. The van der Waals surface area contributed by atoms with Crippen LogP contribution < -0.4 is 22.1 Å². The van der Waals surface area contributed by atoms with E-state index in [4.69, 9.17) is 16.6 Å². The Hall–Kier alpha value is -4.55. The Kier molecular flexibility index (Phi) is 21.3. The molecule has 0 radical (unpaired) electrons. The number of thioether (sulfide) groups is 1. The van der Waals surface area contributed by atoms with Crippen molar-refractivity contribution in [3.8, 4) is 0 Å². The van der Waals surface area contributed by atoms with Gasteiger partial charge < -0.3 is 42.5 Å². The molecule has 0 aliphatic heterocycles. The summed E-state index contributed by atoms with van der Waals surface area (Å²) in [4.78, 5) is 117. The molecule has 0 aromatic heterocycles. The van der Waals surface area contributed by atoms with Crippen LogP contribution in [0.5, 0.6) is 0 Å². The quantitative estimate of drug-likeness (QED) is 0.0333. The van der Waals surface area contributed by atoms with Crippen LogP contribution in [0.15, 0.2) is 4.99 Å². The van der Waals surface area contributed by atoms with Crippen LogP contribution in [0.1, 0.15) is 106 Å². The second kappa shape index (κ2) is 23.3. The van der Waals surface area contributed by atoms with Gasteiger partial charge in [-0.15, -0.1) is 0 Å². The second-order valence-corrected chi connectivity index (χ2v) is 17.2. The van der Waals surface area contributed by atoms with E-state index in [1.165, 1.54) is 11.8 Å². The number of carbonyl (C=O) groups excluding carboxylic acids is 5. The van der Waals surface area contributed by atoms with Crippen LogP contribution in [0.25, 0.3) is 0 Å². The maximum atomic E-state index is 13.7. The minimum Gasteiger partial charge on any atom is -0.481 e. The first kappa shape index (κ1) is 49.5. The Morgan fingerprint density at radius 1 is 0.611 bits per heavy atom. The minimum absolute atomic E-state index is 0.0363. The third-order valence-electron chi connectivity index (χ3n) is 7.83. The summed E-state index contributed by atoms with van der Waals surface area (Å²) in [6.07, 6.45) is -4.40. The molecule has 2 amide bonds. The van der Waals surface area contributed by atoms with Gasteiger partial charge in [0.15, 0.2) is 17.5 Å². The predicted octanol–water partition coefficient (Wildman–Crippen LogP) is 1.60. The molecule has 0 unspecified atom stereocenters. The van der Waals surface area contributed by atoms with Crippen molar-refractivity contribution in [2.75, 3.05) is 12.3 Å². The van der Waals surface area contributed by atoms with E-state index in [1.807, 2.05) is 20.8 Å². The van der Waals surface area contributed by atoms with Crippen molar-refractivity contribution in [2.45, 2.75) is 123 Å². The average molecular weight is 788 g/mol. The number of carboxylic acid groups (broad SMARTS) is 4. The van der Waals surface area contributed by atoms with Crippen LogP contribution in [0.4, 0.5) is 0 Å². The van der Waals surface area contributed by atoms with Crippen molar-refractivity contribution in [1.29, 1.82) is 0 Å². The number of nitrogens with one attached hydrogen (secondary N) is 2. The zero-order valence-electron chi connectivity index (χ0n) is 31.8. The van der Waals surface area contributed by atoms with Crippen LogP contribution in [0, 0.1) is 23.2 Å². The number of aliphatic imine (C=N–C) groups is 1. The fourth-order valence-electron chi connectivity index (χ4n) is 5.31. The molecule has 306 valence electrons. The first-order valence-corrected chi connectivity index (χ1v) is 18.4. The van der Waals surface area contributed by atoms with Crippen molar-refractivity contribution in [1.82, 2.24) is 10.6 Å². The van der Waals surface area contributed by atoms with Gasteiger partial charge in [0.05, 0.1) is 43.7 Å². The van der Waals surface area contributed by atoms with Gasteiger partial charge in [-0.2, -0.15) is 11.8 Å². The van der Waals surface area contributed by atoms with Gasteiger partial charge in [-0.3, -0.25) is 48.1 Å². The zero-order valence-corrected chi connectivity index (χ0v) is 32.7. The smallest absolute Gasteiger partial charge is 0.305 e. The molecule has 54 heavy (non-hydrogen) atoms. The lowest BCUT2D eigenvalue weighted by atomic mass is 9.82. The number of amides is 2. The molecule has 10 N–H and O–H groups in total. The van der Waals surface area contributed by atoms with E-state index in [0.29, 0.717) is 0 Å². The maximum absolute atomic E-state index is 13.7. The summed E-state index contributed by atoms with van der Waals surface area (Å²) < 4.78 is -0.355. The molecule has 0 aromatic carbocycles. The number of aliphatic carboxylic acids is 4. The van der Waals surface area contributed by atoms with Gasteiger partial charge in [-0.1, -0.05) is 41.5 Å². The Balaban J connectivity index is 6.42. The Bertz CT molecular complexity index is 1400. The Labute approximate surface area is 319 Å². The van der Waals surface area contributed by atoms with E-state index < -0.39 is 127 Å². The van der Waals surface area contributed by atoms with Crippen LogP contribution in [-0.4, -0.2) is 109 Å². The van der Waals surface area contributed by atoms with Gasteiger partial charge >= 0.3 is 23.9 Å². The van der Waals surface area contributed by atoms with Crippen LogP contribution in [0.2, 0.25) is 0 Å². The molecular weight excluding hydrogens is 730 g/mol. The molecule has 0 heterocycles. The molecule has 5 atom stereocenters. The van der Waals surface area contributed by atoms with Crippen molar-refractivity contribution < 1.29 is 63.6 Å². The summed E-state index contributed by atoms with van der Waals surface area (Å²) in [6, 6.07) is -3.07. The largest absolute Gasteiger partial charge is 0.481 e. The first-order valence-electron chi connectivity index (χ1n) is 17.5. The Morgan fingerprint density at radius 3 is 1.57 bits per heavy atom. The summed E-state index contributed by atoms with van der Waals surface area (Å²) in [5.74, 6) is -13.5. The van der Waals surface area contributed by atoms with E-state index in [9.17, 15) is 58.5 Å². The number of rotatable bonds is 27. The normalized spacial score (nSPS) is 14.3. The lowest BCUT2D eigenvalue weighted by molar-refractivity contribution is -0.144. The highest BCUT2D eigenvalue weighted by Crippen LogP contribution is 2.29. The number of nitrogens with zero attached hydrogens (tertiary/aromatic N) is 1. The van der Waals surface area contributed by atoms with E-state index >= 15 is 0 Å². The highest BCUT2D eigenvalue weighted by atomic mass is 32.2. The van der Waals surface area contributed by atoms with E-state index in [0.717, 1.165) is 0 Å². The van der Waals surface area contributed by atoms with Crippen LogP contribution >= 0.6 is 11.8 Å². The number of carbonyl (C=O) groups is 9. The molecule has 0 rings (SSSR count). The molecule has 0 aromatic rings. The summed E-state index contributed by atoms with van der Waals surface area (Å²) in [5, 5.41) is 42.4. The highest BCUT2D eigenvalue weighted by Gasteiger charge is 2.35. The molecule has 19 heteroatoms. The number of carboxylic acids is 4. The van der Waals surface area contributed by atoms with Gasteiger partial charge in [-0.25, -0.2) is 0 Å². The molecule has 0 fully saturated rings. The number of ketones is 3. The molecule has 0 saturated carbocycles. The molecular formula is C35H57N5O13S. The average Bonchev–Trinajstić information content (AvgIpc) is 3.00. The second-order valence-electron chi connectivity index (χ2n) is 15.3. The minimum atomic E-state index is -1.74. The van der Waals surface area contributed by atoms with Crippen LogP contribution in [0.3, 0.4) is 0 Å². The van der Waals surface area contributed by atoms with Gasteiger partial charge in [-0.05, 0) is 24.7 Å².